The van der Waals surface area contributed by atoms with Crippen LogP contribution in [-0.2, 0) is 22.4 Å². The van der Waals surface area contributed by atoms with E-state index >= 15 is 0 Å². The van der Waals surface area contributed by atoms with Gasteiger partial charge in [-0.2, -0.15) is 0 Å². The molecule has 3 rings (SSSR count). The molecule has 0 fully saturated rings. The van der Waals surface area contributed by atoms with Crippen molar-refractivity contribution in [2.75, 3.05) is 23.8 Å². The Morgan fingerprint density at radius 2 is 1.92 bits per heavy atom. The monoisotopic (exact) mass is 376 g/mol. The van der Waals surface area contributed by atoms with Crippen LogP contribution in [-0.4, -0.2) is 25.0 Å². The van der Waals surface area contributed by atoms with Crippen molar-refractivity contribution in [2.45, 2.75) is 32.6 Å². The highest BCUT2D eigenvalue weighted by Gasteiger charge is 2.27. The summed E-state index contributed by atoms with van der Waals surface area (Å²) in [5, 5.41) is 6.32. The van der Waals surface area contributed by atoms with Crippen LogP contribution >= 0.6 is 11.3 Å². The Bertz CT molecular complexity index is 802. The van der Waals surface area contributed by atoms with E-state index in [9.17, 15) is 14.0 Å². The second kappa shape index (κ2) is 8.31. The van der Waals surface area contributed by atoms with Crippen LogP contribution in [0.1, 0.15) is 40.6 Å². The first-order chi connectivity index (χ1) is 12.6. The van der Waals surface area contributed by atoms with Crippen molar-refractivity contribution in [1.82, 2.24) is 0 Å². The maximum absolute atomic E-state index is 12.9. The number of hydrogen-bond donors (Lipinski definition) is 2. The summed E-state index contributed by atoms with van der Waals surface area (Å²) in [7, 11) is 0. The Morgan fingerprint density at radius 3 is 2.65 bits per heavy atom. The van der Waals surface area contributed by atoms with E-state index in [1.54, 1.807) is 19.1 Å². The van der Waals surface area contributed by atoms with Gasteiger partial charge in [0.2, 0.25) is 5.91 Å². The predicted octanol–water partition coefficient (Wildman–Crippen LogP) is 3.99. The molecule has 0 saturated heterocycles. The predicted molar refractivity (Wildman–Crippen MR) is 100 cm³/mol. The van der Waals surface area contributed by atoms with E-state index in [-0.39, 0.29) is 24.2 Å². The normalized spacial score (nSPS) is 13.0. The average Bonchev–Trinajstić information content (AvgIpc) is 2.99. The molecule has 1 heterocycles. The number of hydrogen-bond acceptors (Lipinski definition) is 5. The van der Waals surface area contributed by atoms with E-state index < -0.39 is 0 Å². The minimum absolute atomic E-state index is 0.0243. The molecule has 0 aliphatic heterocycles. The first-order valence-electron chi connectivity index (χ1n) is 8.69. The van der Waals surface area contributed by atoms with E-state index in [4.69, 9.17) is 4.74 Å². The van der Waals surface area contributed by atoms with Crippen LogP contribution in [0, 0.1) is 5.82 Å². The van der Waals surface area contributed by atoms with Gasteiger partial charge in [0.25, 0.3) is 0 Å². The van der Waals surface area contributed by atoms with Crippen molar-refractivity contribution in [2.24, 2.45) is 0 Å². The van der Waals surface area contributed by atoms with Crippen LogP contribution in [0.15, 0.2) is 24.3 Å². The van der Waals surface area contributed by atoms with Gasteiger partial charge in [-0.25, -0.2) is 9.18 Å². The van der Waals surface area contributed by atoms with Gasteiger partial charge in [0.1, 0.15) is 10.8 Å². The molecular formula is C19H21FN2O3S. The molecule has 2 N–H and O–H groups in total. The molecular weight excluding hydrogens is 355 g/mol. The minimum Gasteiger partial charge on any atom is -0.462 e. The lowest BCUT2D eigenvalue weighted by Crippen LogP contribution is -2.22. The number of rotatable bonds is 6. The fraction of sp³-hybridized carbons (Fsp3) is 0.368. The fourth-order valence-corrected chi connectivity index (χ4v) is 4.29. The molecule has 1 aliphatic rings. The number of fused-ring (bicyclic) bond motifs is 1. The number of ether oxygens (including phenoxy) is 1. The highest BCUT2D eigenvalue weighted by atomic mass is 32.1. The molecule has 2 aromatic rings. The highest BCUT2D eigenvalue weighted by Crippen LogP contribution is 2.38. The number of esters is 1. The molecule has 138 valence electrons. The first-order valence-corrected chi connectivity index (χ1v) is 9.51. The van der Waals surface area contributed by atoms with E-state index in [0.29, 0.717) is 22.9 Å². The Kier molecular flexibility index (Phi) is 5.88. The Labute approximate surface area is 155 Å². The first kappa shape index (κ1) is 18.4. The highest BCUT2D eigenvalue weighted by molar-refractivity contribution is 7.17. The van der Waals surface area contributed by atoms with Crippen LogP contribution in [0.4, 0.5) is 15.1 Å². The summed E-state index contributed by atoms with van der Waals surface area (Å²) >= 11 is 1.46. The minimum atomic E-state index is -0.381. The van der Waals surface area contributed by atoms with Gasteiger partial charge in [-0.05, 0) is 62.4 Å². The van der Waals surface area contributed by atoms with Gasteiger partial charge in [0.05, 0.1) is 18.7 Å². The quantitative estimate of drug-likeness (QED) is 0.748. The van der Waals surface area contributed by atoms with Gasteiger partial charge < -0.3 is 15.4 Å². The summed E-state index contributed by atoms with van der Waals surface area (Å²) in [5.41, 5.74) is 2.17. The third-order valence-electron chi connectivity index (χ3n) is 4.20. The summed E-state index contributed by atoms with van der Waals surface area (Å²) in [4.78, 5) is 25.8. The van der Waals surface area contributed by atoms with Crippen LogP contribution in [0.25, 0.3) is 0 Å². The van der Waals surface area contributed by atoms with Crippen molar-refractivity contribution in [3.05, 3.63) is 46.1 Å². The molecule has 0 bridgehead atoms. The maximum Gasteiger partial charge on any atom is 0.341 e. The van der Waals surface area contributed by atoms with E-state index in [1.165, 1.54) is 23.5 Å². The number of nitrogens with one attached hydrogen (secondary N) is 2. The number of benzene rings is 1. The number of thiophene rings is 1. The van der Waals surface area contributed by atoms with Gasteiger partial charge >= 0.3 is 5.97 Å². The molecule has 26 heavy (non-hydrogen) atoms. The molecule has 1 aromatic heterocycles. The third-order valence-corrected chi connectivity index (χ3v) is 5.41. The van der Waals surface area contributed by atoms with Crippen molar-refractivity contribution in [1.29, 1.82) is 0 Å². The summed E-state index contributed by atoms with van der Waals surface area (Å²) < 4.78 is 18.1. The third kappa shape index (κ3) is 4.22. The van der Waals surface area contributed by atoms with Crippen LogP contribution in [0.2, 0.25) is 0 Å². The number of halogens is 1. The molecule has 1 amide bonds. The maximum atomic E-state index is 12.9. The fourth-order valence-electron chi connectivity index (χ4n) is 2.99. The second-order valence-corrected chi connectivity index (χ2v) is 7.15. The second-order valence-electron chi connectivity index (χ2n) is 6.04. The lowest BCUT2D eigenvalue weighted by molar-refractivity contribution is -0.114. The zero-order valence-corrected chi connectivity index (χ0v) is 15.4. The number of carbonyl (C=O) groups excluding carboxylic acids is 2. The zero-order chi connectivity index (χ0) is 18.5. The Hall–Kier alpha value is -2.41. The summed E-state index contributed by atoms with van der Waals surface area (Å²) in [6, 6.07) is 5.78. The number of carbonyl (C=O) groups is 2. The summed E-state index contributed by atoms with van der Waals surface area (Å²) in [6.07, 6.45) is 3.89. The smallest absolute Gasteiger partial charge is 0.341 e. The molecule has 5 nitrogen and oxygen atoms in total. The molecule has 0 radical (unpaired) electrons. The van der Waals surface area contributed by atoms with Crippen molar-refractivity contribution >= 4 is 33.9 Å². The molecule has 0 spiro atoms. The van der Waals surface area contributed by atoms with Crippen LogP contribution in [0.3, 0.4) is 0 Å². The molecule has 7 heteroatoms. The average molecular weight is 376 g/mol. The summed E-state index contributed by atoms with van der Waals surface area (Å²) in [6.45, 7) is 2.08. The van der Waals surface area contributed by atoms with Crippen molar-refractivity contribution < 1.29 is 18.7 Å². The Morgan fingerprint density at radius 1 is 1.19 bits per heavy atom. The molecule has 0 saturated carbocycles. The van der Waals surface area contributed by atoms with Gasteiger partial charge in [-0.15, -0.1) is 11.3 Å². The van der Waals surface area contributed by atoms with Gasteiger partial charge in [-0.1, -0.05) is 0 Å². The van der Waals surface area contributed by atoms with Crippen LogP contribution < -0.4 is 10.6 Å². The molecule has 1 aromatic carbocycles. The largest absolute Gasteiger partial charge is 0.462 e. The van der Waals surface area contributed by atoms with Gasteiger partial charge in [0, 0.05) is 10.6 Å². The Balaban J connectivity index is 1.71. The van der Waals surface area contributed by atoms with Gasteiger partial charge in [-0.3, -0.25) is 4.79 Å². The molecule has 0 unspecified atom stereocenters. The van der Waals surface area contributed by atoms with E-state index in [1.807, 2.05) is 0 Å². The topological polar surface area (TPSA) is 67.4 Å². The molecule has 1 aliphatic carbocycles. The summed E-state index contributed by atoms with van der Waals surface area (Å²) in [5.74, 6) is -0.976. The SMILES string of the molecule is CCOC(=O)c1c(NC(=O)CNc2ccc(F)cc2)sc2c1CCCC2. The number of anilines is 2. The standard InChI is InChI=1S/C19H21FN2O3S/c1-2-25-19(24)17-14-5-3-4-6-15(14)26-18(17)22-16(23)11-21-13-9-7-12(20)8-10-13/h7-10,21H,2-6,11H2,1H3,(H,22,23). The van der Waals surface area contributed by atoms with Crippen molar-refractivity contribution in [3.8, 4) is 0 Å². The van der Waals surface area contributed by atoms with E-state index in [2.05, 4.69) is 10.6 Å². The lowest BCUT2D eigenvalue weighted by Gasteiger charge is -2.12. The van der Waals surface area contributed by atoms with Crippen molar-refractivity contribution in [3.63, 3.8) is 0 Å². The zero-order valence-electron chi connectivity index (χ0n) is 14.6. The van der Waals surface area contributed by atoms with E-state index in [0.717, 1.165) is 36.1 Å². The number of amides is 1. The lowest BCUT2D eigenvalue weighted by atomic mass is 9.95. The number of aryl methyl sites for hydroxylation is 1. The van der Waals surface area contributed by atoms with Gasteiger partial charge in [0.15, 0.2) is 0 Å². The van der Waals surface area contributed by atoms with Crippen LogP contribution in [0.5, 0.6) is 0 Å². The molecule has 0 atom stereocenters.